The summed E-state index contributed by atoms with van der Waals surface area (Å²) in [5.74, 6) is -0.188. The second-order valence-corrected chi connectivity index (χ2v) is 6.09. The Hall–Kier alpha value is -2.04. The Kier molecular flexibility index (Phi) is 4.30. The fraction of sp³-hybridized carbons (Fsp3) is 0.571. The van der Waals surface area contributed by atoms with Crippen LogP contribution in [0.5, 0.6) is 0 Å². The first kappa shape index (κ1) is 17.8. The third-order valence-electron chi connectivity index (χ3n) is 4.07. The first-order valence-electron chi connectivity index (χ1n) is 7.61. The van der Waals surface area contributed by atoms with Crippen molar-refractivity contribution in [1.82, 2.24) is 14.6 Å². The Morgan fingerprint density at radius 3 is 2.32 bits per heavy atom. The topological polar surface area (TPSA) is 68.2 Å². The molecule has 2 aromatic rings. The van der Waals surface area contributed by atoms with Crippen LogP contribution in [-0.4, -0.2) is 26.7 Å². The first-order valence-corrected chi connectivity index (χ1v) is 7.61. The molecule has 2 atom stereocenters. The summed E-state index contributed by atoms with van der Waals surface area (Å²) < 4.78 is 78.3. The van der Waals surface area contributed by atoms with Gasteiger partial charge in [-0.15, -0.1) is 0 Å². The van der Waals surface area contributed by atoms with E-state index in [9.17, 15) is 26.3 Å². The minimum atomic E-state index is -4.79. The Morgan fingerprint density at radius 1 is 1.04 bits per heavy atom. The van der Waals surface area contributed by atoms with Crippen LogP contribution in [-0.2, 0) is 12.4 Å². The van der Waals surface area contributed by atoms with E-state index in [1.807, 2.05) is 0 Å². The third-order valence-corrected chi connectivity index (χ3v) is 4.07. The van der Waals surface area contributed by atoms with Crippen molar-refractivity contribution < 1.29 is 26.3 Å². The fourth-order valence-electron chi connectivity index (χ4n) is 2.93. The van der Waals surface area contributed by atoms with Gasteiger partial charge in [-0.25, -0.2) is 4.98 Å². The Bertz CT molecular complexity index is 765. The van der Waals surface area contributed by atoms with Crippen molar-refractivity contribution in [1.29, 1.82) is 0 Å². The molecule has 138 valence electrons. The number of alkyl halides is 6. The number of nitrogens with two attached hydrogens (primary N) is 1. The fourth-order valence-corrected chi connectivity index (χ4v) is 2.93. The molecule has 0 bridgehead atoms. The van der Waals surface area contributed by atoms with Crippen LogP contribution in [0.25, 0.3) is 5.65 Å². The smallest absolute Gasteiger partial charge is 0.367 e. The van der Waals surface area contributed by atoms with Crippen LogP contribution in [0, 0.1) is 0 Å². The molecule has 0 unspecified atom stereocenters. The summed E-state index contributed by atoms with van der Waals surface area (Å²) in [7, 11) is 0. The van der Waals surface area contributed by atoms with Crippen LogP contribution in [0.15, 0.2) is 12.1 Å². The standard InChI is InChI=1S/C14H15F6N5/c15-13(16,17)9-5-11(22-8-3-1-2-7(21)4-8)25-12(23-9)6-10(24-25)14(18,19)20/h5-8,22H,1-4,21H2/t7-,8+/m1/s1. The Labute approximate surface area is 138 Å². The number of anilines is 1. The summed E-state index contributed by atoms with van der Waals surface area (Å²) in [6.45, 7) is 0. The number of aromatic nitrogens is 3. The quantitative estimate of drug-likeness (QED) is 0.798. The molecular formula is C14H15F6N5. The van der Waals surface area contributed by atoms with Crippen molar-refractivity contribution in [2.75, 3.05) is 5.32 Å². The summed E-state index contributed by atoms with van der Waals surface area (Å²) in [6, 6.07) is 0.816. The number of nitrogens with zero attached hydrogens (tertiary/aromatic N) is 3. The number of fused-ring (bicyclic) bond motifs is 1. The van der Waals surface area contributed by atoms with Crippen molar-refractivity contribution >= 4 is 11.5 Å². The van der Waals surface area contributed by atoms with Crippen LogP contribution in [0.3, 0.4) is 0 Å². The summed E-state index contributed by atoms with van der Waals surface area (Å²) in [5, 5.41) is 6.20. The second-order valence-electron chi connectivity index (χ2n) is 6.09. The molecule has 0 aliphatic heterocycles. The minimum absolute atomic E-state index is 0.103. The van der Waals surface area contributed by atoms with E-state index in [1.165, 1.54) is 0 Å². The molecule has 1 saturated carbocycles. The summed E-state index contributed by atoms with van der Waals surface area (Å²) in [4.78, 5) is 3.26. The molecule has 11 heteroatoms. The van der Waals surface area contributed by atoms with Gasteiger partial charge in [-0.3, -0.25) is 0 Å². The molecule has 0 amide bonds. The van der Waals surface area contributed by atoms with Crippen LogP contribution in [0.2, 0.25) is 0 Å². The van der Waals surface area contributed by atoms with Crippen molar-refractivity contribution in [3.05, 3.63) is 23.5 Å². The number of rotatable bonds is 2. The van der Waals surface area contributed by atoms with Crippen molar-refractivity contribution in [3.8, 4) is 0 Å². The van der Waals surface area contributed by atoms with Crippen LogP contribution < -0.4 is 11.1 Å². The minimum Gasteiger partial charge on any atom is -0.367 e. The van der Waals surface area contributed by atoms with Gasteiger partial charge in [-0.05, 0) is 25.7 Å². The highest BCUT2D eigenvalue weighted by Crippen LogP contribution is 2.33. The molecule has 1 fully saturated rings. The molecular weight excluding hydrogens is 352 g/mol. The van der Waals surface area contributed by atoms with Crippen LogP contribution >= 0.6 is 0 Å². The second kappa shape index (κ2) is 6.04. The van der Waals surface area contributed by atoms with Gasteiger partial charge >= 0.3 is 12.4 Å². The molecule has 1 aliphatic rings. The van der Waals surface area contributed by atoms with Gasteiger partial charge in [0.05, 0.1) is 0 Å². The Morgan fingerprint density at radius 2 is 1.72 bits per heavy atom. The highest BCUT2D eigenvalue weighted by atomic mass is 19.4. The number of nitrogens with one attached hydrogen (secondary N) is 1. The molecule has 2 aromatic heterocycles. The third kappa shape index (κ3) is 3.80. The predicted octanol–water partition coefficient (Wildman–Crippen LogP) is 3.45. The maximum atomic E-state index is 13.0. The van der Waals surface area contributed by atoms with Gasteiger partial charge in [0.2, 0.25) is 0 Å². The SMILES string of the molecule is N[C@@H]1CCC[C@H](Nc2cc(C(F)(F)F)nc3cc(C(F)(F)F)nn23)C1. The maximum Gasteiger partial charge on any atom is 0.435 e. The largest absolute Gasteiger partial charge is 0.435 e. The van der Waals surface area contributed by atoms with E-state index in [2.05, 4.69) is 15.4 Å². The molecule has 0 radical (unpaired) electrons. The number of hydrogen-bond donors (Lipinski definition) is 2. The van der Waals surface area contributed by atoms with E-state index in [1.54, 1.807) is 0 Å². The highest BCUT2D eigenvalue weighted by molar-refractivity contribution is 5.52. The average Bonchev–Trinajstić information content (AvgIpc) is 2.91. The van der Waals surface area contributed by atoms with Gasteiger partial charge in [0.15, 0.2) is 17.0 Å². The molecule has 2 heterocycles. The predicted molar refractivity (Wildman–Crippen MR) is 76.8 cm³/mol. The van der Waals surface area contributed by atoms with Crippen molar-refractivity contribution in [2.24, 2.45) is 5.73 Å². The molecule has 25 heavy (non-hydrogen) atoms. The van der Waals surface area contributed by atoms with E-state index in [0.717, 1.165) is 17.4 Å². The highest BCUT2D eigenvalue weighted by Gasteiger charge is 2.37. The van der Waals surface area contributed by atoms with Crippen LogP contribution in [0.4, 0.5) is 32.2 Å². The lowest BCUT2D eigenvalue weighted by Crippen LogP contribution is -2.35. The van der Waals surface area contributed by atoms with E-state index >= 15 is 0 Å². The molecule has 3 N–H and O–H groups in total. The van der Waals surface area contributed by atoms with Crippen LogP contribution in [0.1, 0.15) is 37.1 Å². The maximum absolute atomic E-state index is 13.0. The van der Waals surface area contributed by atoms with Gasteiger partial charge in [-0.2, -0.15) is 36.0 Å². The summed E-state index contributed by atoms with van der Waals surface area (Å²) in [6.07, 6.45) is -6.81. The molecule has 0 spiro atoms. The molecule has 5 nitrogen and oxygen atoms in total. The zero-order valence-corrected chi connectivity index (χ0v) is 12.8. The summed E-state index contributed by atoms with van der Waals surface area (Å²) in [5.41, 5.74) is 2.74. The van der Waals surface area contributed by atoms with E-state index in [0.29, 0.717) is 25.0 Å². The summed E-state index contributed by atoms with van der Waals surface area (Å²) >= 11 is 0. The van der Waals surface area contributed by atoms with Gasteiger partial charge in [-0.1, -0.05) is 0 Å². The van der Waals surface area contributed by atoms with E-state index in [-0.39, 0.29) is 17.9 Å². The van der Waals surface area contributed by atoms with Gasteiger partial charge < -0.3 is 11.1 Å². The van der Waals surface area contributed by atoms with Gasteiger partial charge in [0, 0.05) is 24.2 Å². The molecule has 3 rings (SSSR count). The molecule has 0 aromatic carbocycles. The van der Waals surface area contributed by atoms with E-state index in [4.69, 9.17) is 5.73 Å². The number of halogens is 6. The van der Waals surface area contributed by atoms with Gasteiger partial charge in [0.1, 0.15) is 5.82 Å². The Balaban J connectivity index is 2.05. The zero-order chi connectivity index (χ0) is 18.4. The van der Waals surface area contributed by atoms with E-state index < -0.39 is 29.4 Å². The normalized spacial score (nSPS) is 22.4. The van der Waals surface area contributed by atoms with Crippen molar-refractivity contribution in [2.45, 2.75) is 50.1 Å². The zero-order valence-electron chi connectivity index (χ0n) is 12.8. The monoisotopic (exact) mass is 367 g/mol. The lowest BCUT2D eigenvalue weighted by atomic mass is 9.92. The van der Waals surface area contributed by atoms with Crippen molar-refractivity contribution in [3.63, 3.8) is 0 Å². The van der Waals surface area contributed by atoms with Gasteiger partial charge in [0.25, 0.3) is 0 Å². The average molecular weight is 367 g/mol. The molecule has 0 saturated heterocycles. The lowest BCUT2D eigenvalue weighted by Gasteiger charge is -2.28. The number of hydrogen-bond acceptors (Lipinski definition) is 4. The molecule has 1 aliphatic carbocycles. The first-order chi connectivity index (χ1) is 11.5. The lowest BCUT2D eigenvalue weighted by molar-refractivity contribution is -0.142.